The van der Waals surface area contributed by atoms with Crippen molar-refractivity contribution in [3.63, 3.8) is 0 Å². The zero-order chi connectivity index (χ0) is 12.3. The molecular weight excluding hydrogens is 222 g/mol. The maximum Gasteiger partial charge on any atom is 0.329 e. The first-order valence-electron chi connectivity index (χ1n) is 6.27. The Hall–Kier alpha value is -1.10. The SMILES string of the molecule is O=C(NC1(C(=O)O)CCCC1)C1CCCOC1. The molecule has 1 atom stereocenters. The van der Waals surface area contributed by atoms with Gasteiger partial charge in [-0.15, -0.1) is 0 Å². The molecule has 1 saturated carbocycles. The van der Waals surface area contributed by atoms with Crippen LogP contribution in [0.1, 0.15) is 38.5 Å². The molecule has 1 aliphatic heterocycles. The summed E-state index contributed by atoms with van der Waals surface area (Å²) in [6, 6.07) is 0. The summed E-state index contributed by atoms with van der Waals surface area (Å²) in [5, 5.41) is 12.0. The number of ether oxygens (including phenoxy) is 1. The highest BCUT2D eigenvalue weighted by Crippen LogP contribution is 2.30. The third-order valence-electron chi connectivity index (χ3n) is 3.76. The number of amides is 1. The van der Waals surface area contributed by atoms with Gasteiger partial charge in [-0.25, -0.2) is 4.79 Å². The Kier molecular flexibility index (Phi) is 3.66. The van der Waals surface area contributed by atoms with Crippen LogP contribution < -0.4 is 5.32 Å². The lowest BCUT2D eigenvalue weighted by atomic mass is 9.94. The van der Waals surface area contributed by atoms with E-state index in [0.29, 0.717) is 26.1 Å². The van der Waals surface area contributed by atoms with E-state index in [-0.39, 0.29) is 11.8 Å². The zero-order valence-electron chi connectivity index (χ0n) is 9.91. The molecule has 0 aromatic carbocycles. The van der Waals surface area contributed by atoms with Crippen LogP contribution in [0.25, 0.3) is 0 Å². The van der Waals surface area contributed by atoms with E-state index in [4.69, 9.17) is 4.74 Å². The molecule has 0 aromatic heterocycles. The minimum absolute atomic E-state index is 0.158. The normalized spacial score (nSPS) is 27.6. The molecule has 96 valence electrons. The summed E-state index contributed by atoms with van der Waals surface area (Å²) in [7, 11) is 0. The number of aliphatic carboxylic acids is 1. The molecule has 0 bridgehead atoms. The van der Waals surface area contributed by atoms with Crippen molar-refractivity contribution in [3.05, 3.63) is 0 Å². The Morgan fingerprint density at radius 3 is 2.47 bits per heavy atom. The lowest BCUT2D eigenvalue weighted by Crippen LogP contribution is -2.54. The third-order valence-corrected chi connectivity index (χ3v) is 3.76. The highest BCUT2D eigenvalue weighted by Gasteiger charge is 2.43. The number of carboxylic acid groups (broad SMARTS) is 1. The van der Waals surface area contributed by atoms with Gasteiger partial charge in [-0.2, -0.15) is 0 Å². The zero-order valence-corrected chi connectivity index (χ0v) is 9.91. The van der Waals surface area contributed by atoms with Crippen LogP contribution in [0.2, 0.25) is 0 Å². The van der Waals surface area contributed by atoms with Crippen molar-refractivity contribution in [1.29, 1.82) is 0 Å². The van der Waals surface area contributed by atoms with Gasteiger partial charge in [0.15, 0.2) is 0 Å². The molecule has 1 saturated heterocycles. The summed E-state index contributed by atoms with van der Waals surface area (Å²) in [5.41, 5.74) is -1.02. The quantitative estimate of drug-likeness (QED) is 0.770. The fourth-order valence-electron chi connectivity index (χ4n) is 2.66. The fourth-order valence-corrected chi connectivity index (χ4v) is 2.66. The van der Waals surface area contributed by atoms with Crippen molar-refractivity contribution in [2.75, 3.05) is 13.2 Å². The van der Waals surface area contributed by atoms with Crippen LogP contribution in [0.15, 0.2) is 0 Å². The van der Waals surface area contributed by atoms with E-state index in [1.54, 1.807) is 0 Å². The van der Waals surface area contributed by atoms with Crippen LogP contribution in [0.3, 0.4) is 0 Å². The molecule has 1 unspecified atom stereocenters. The number of rotatable bonds is 3. The summed E-state index contributed by atoms with van der Waals surface area (Å²) in [6.45, 7) is 1.12. The Bertz CT molecular complexity index is 304. The molecule has 0 aromatic rings. The Morgan fingerprint density at radius 2 is 1.94 bits per heavy atom. The largest absolute Gasteiger partial charge is 0.480 e. The molecule has 2 fully saturated rings. The monoisotopic (exact) mass is 241 g/mol. The van der Waals surface area contributed by atoms with E-state index in [1.165, 1.54) is 0 Å². The summed E-state index contributed by atoms with van der Waals surface area (Å²) in [6.07, 6.45) is 4.49. The number of carbonyl (C=O) groups excluding carboxylic acids is 1. The van der Waals surface area contributed by atoms with Gasteiger partial charge in [-0.1, -0.05) is 12.8 Å². The maximum atomic E-state index is 12.0. The van der Waals surface area contributed by atoms with Crippen molar-refractivity contribution in [3.8, 4) is 0 Å². The van der Waals surface area contributed by atoms with Gasteiger partial charge < -0.3 is 15.2 Å². The van der Waals surface area contributed by atoms with E-state index in [0.717, 1.165) is 25.7 Å². The summed E-state index contributed by atoms with van der Waals surface area (Å²) >= 11 is 0. The minimum atomic E-state index is -1.02. The van der Waals surface area contributed by atoms with Crippen LogP contribution in [-0.2, 0) is 14.3 Å². The summed E-state index contributed by atoms with van der Waals surface area (Å²) in [4.78, 5) is 23.3. The number of carboxylic acids is 1. The Morgan fingerprint density at radius 1 is 1.24 bits per heavy atom. The predicted molar refractivity (Wildman–Crippen MR) is 60.5 cm³/mol. The second-order valence-corrected chi connectivity index (χ2v) is 5.00. The van der Waals surface area contributed by atoms with E-state index >= 15 is 0 Å². The molecular formula is C12H19NO4. The smallest absolute Gasteiger partial charge is 0.329 e. The van der Waals surface area contributed by atoms with Gasteiger partial charge in [0, 0.05) is 6.61 Å². The standard InChI is InChI=1S/C12H19NO4/c14-10(9-4-3-7-17-8-9)13-12(11(15)16)5-1-2-6-12/h9H,1-8H2,(H,13,14)(H,15,16). The predicted octanol–water partition coefficient (Wildman–Crippen LogP) is 0.927. The molecule has 5 heteroatoms. The van der Waals surface area contributed by atoms with Crippen molar-refractivity contribution >= 4 is 11.9 Å². The molecule has 0 spiro atoms. The first kappa shape index (κ1) is 12.4. The molecule has 2 N–H and O–H groups in total. The van der Waals surface area contributed by atoms with Crippen molar-refractivity contribution in [2.24, 2.45) is 5.92 Å². The van der Waals surface area contributed by atoms with Gasteiger partial charge in [0.2, 0.25) is 5.91 Å². The molecule has 0 radical (unpaired) electrons. The third kappa shape index (κ3) is 2.60. The van der Waals surface area contributed by atoms with Gasteiger partial charge in [0.05, 0.1) is 12.5 Å². The second-order valence-electron chi connectivity index (χ2n) is 5.00. The van der Waals surface area contributed by atoms with Crippen molar-refractivity contribution in [1.82, 2.24) is 5.32 Å². The second kappa shape index (κ2) is 5.04. The topological polar surface area (TPSA) is 75.6 Å². The van der Waals surface area contributed by atoms with Crippen LogP contribution in [0, 0.1) is 5.92 Å². The average Bonchev–Trinajstić information content (AvgIpc) is 2.80. The first-order valence-corrected chi connectivity index (χ1v) is 6.27. The molecule has 2 aliphatic rings. The van der Waals surface area contributed by atoms with E-state index in [9.17, 15) is 14.7 Å². The van der Waals surface area contributed by atoms with E-state index in [1.807, 2.05) is 0 Å². The molecule has 1 aliphatic carbocycles. The van der Waals surface area contributed by atoms with Gasteiger partial charge in [0.25, 0.3) is 0 Å². The van der Waals surface area contributed by atoms with Gasteiger partial charge in [0.1, 0.15) is 5.54 Å². The molecule has 5 nitrogen and oxygen atoms in total. The lowest BCUT2D eigenvalue weighted by Gasteiger charge is -2.29. The molecule has 1 amide bonds. The number of hydrogen-bond donors (Lipinski definition) is 2. The average molecular weight is 241 g/mol. The molecule has 2 rings (SSSR count). The molecule has 17 heavy (non-hydrogen) atoms. The van der Waals surface area contributed by atoms with E-state index < -0.39 is 11.5 Å². The van der Waals surface area contributed by atoms with Gasteiger partial charge >= 0.3 is 5.97 Å². The van der Waals surface area contributed by atoms with Crippen LogP contribution >= 0.6 is 0 Å². The van der Waals surface area contributed by atoms with Gasteiger partial charge in [-0.05, 0) is 25.7 Å². The van der Waals surface area contributed by atoms with Crippen molar-refractivity contribution in [2.45, 2.75) is 44.1 Å². The minimum Gasteiger partial charge on any atom is -0.480 e. The van der Waals surface area contributed by atoms with Crippen LogP contribution in [0.4, 0.5) is 0 Å². The Labute approximate surface area is 101 Å². The van der Waals surface area contributed by atoms with E-state index in [2.05, 4.69) is 5.32 Å². The lowest BCUT2D eigenvalue weighted by molar-refractivity contribution is -0.149. The highest BCUT2D eigenvalue weighted by molar-refractivity contribution is 5.88. The number of nitrogens with one attached hydrogen (secondary N) is 1. The molecule has 1 heterocycles. The highest BCUT2D eigenvalue weighted by atomic mass is 16.5. The fraction of sp³-hybridized carbons (Fsp3) is 0.833. The Balaban J connectivity index is 1.98. The van der Waals surface area contributed by atoms with Crippen LogP contribution in [0.5, 0.6) is 0 Å². The van der Waals surface area contributed by atoms with Gasteiger partial charge in [-0.3, -0.25) is 4.79 Å². The van der Waals surface area contributed by atoms with Crippen molar-refractivity contribution < 1.29 is 19.4 Å². The number of hydrogen-bond acceptors (Lipinski definition) is 3. The summed E-state index contributed by atoms with van der Waals surface area (Å²) < 4.78 is 5.25. The maximum absolute atomic E-state index is 12.0. The first-order chi connectivity index (χ1) is 8.14. The van der Waals surface area contributed by atoms with Crippen LogP contribution in [-0.4, -0.2) is 35.7 Å². The number of carbonyl (C=O) groups is 2. The summed E-state index contributed by atoms with van der Waals surface area (Å²) in [5.74, 6) is -1.24.